The summed E-state index contributed by atoms with van der Waals surface area (Å²) in [6, 6.07) is 9.40. The molecule has 0 aliphatic heterocycles. The molecule has 2 saturated carbocycles. The first-order valence-electron chi connectivity index (χ1n) is 7.62. The third-order valence-corrected chi connectivity index (χ3v) is 4.79. The predicted molar refractivity (Wildman–Crippen MR) is 86.5 cm³/mol. The lowest BCUT2D eigenvalue weighted by Crippen LogP contribution is -2.29. The van der Waals surface area contributed by atoms with Gasteiger partial charge in [0.25, 0.3) is 0 Å². The van der Waals surface area contributed by atoms with Gasteiger partial charge >= 0.3 is 5.97 Å². The van der Waals surface area contributed by atoms with Gasteiger partial charge in [0.05, 0.1) is 6.61 Å². The number of carbonyl (C=O) groups excluding carboxylic acids is 1. The zero-order valence-corrected chi connectivity index (χ0v) is 13.8. The molecule has 1 N–H and O–H groups in total. The molecule has 0 heterocycles. The van der Waals surface area contributed by atoms with Crippen LogP contribution in [0.4, 0.5) is 0 Å². The van der Waals surface area contributed by atoms with Gasteiger partial charge in [0.15, 0.2) is 0 Å². The predicted octanol–water partition coefficient (Wildman–Crippen LogP) is 3.46. The molecule has 4 heteroatoms. The highest BCUT2D eigenvalue weighted by Crippen LogP contribution is 2.43. The number of aliphatic hydroxyl groups excluding tert-OH is 1. The molecule has 21 heavy (non-hydrogen) atoms. The summed E-state index contributed by atoms with van der Waals surface area (Å²) in [7, 11) is 0. The van der Waals surface area contributed by atoms with Crippen LogP contribution in [0.3, 0.4) is 0 Å². The van der Waals surface area contributed by atoms with Gasteiger partial charge < -0.3 is 9.84 Å². The summed E-state index contributed by atoms with van der Waals surface area (Å²) in [5.74, 6) is 0.674. The molecule has 1 aromatic rings. The van der Waals surface area contributed by atoms with Gasteiger partial charge in [0.2, 0.25) is 0 Å². The van der Waals surface area contributed by atoms with Crippen molar-refractivity contribution in [3.8, 4) is 0 Å². The number of esters is 1. The highest BCUT2D eigenvalue weighted by Gasteiger charge is 2.36. The molecule has 0 amide bonds. The maximum Gasteiger partial charge on any atom is 0.316 e. The largest absolute Gasteiger partial charge is 0.462 e. The van der Waals surface area contributed by atoms with Crippen LogP contribution in [0, 0.1) is 11.8 Å². The van der Waals surface area contributed by atoms with E-state index in [1.807, 2.05) is 30.3 Å². The van der Waals surface area contributed by atoms with Crippen LogP contribution in [0.2, 0.25) is 0 Å². The van der Waals surface area contributed by atoms with E-state index in [1.165, 1.54) is 19.3 Å². The van der Waals surface area contributed by atoms with Crippen LogP contribution < -0.4 is 0 Å². The minimum absolute atomic E-state index is 0. The van der Waals surface area contributed by atoms with Crippen LogP contribution >= 0.6 is 17.0 Å². The smallest absolute Gasteiger partial charge is 0.316 e. The third-order valence-electron chi connectivity index (χ3n) is 4.79. The normalized spacial score (nSPS) is 28.5. The number of benzene rings is 1. The Morgan fingerprint density at radius 2 is 1.76 bits per heavy atom. The topological polar surface area (TPSA) is 46.5 Å². The van der Waals surface area contributed by atoms with E-state index >= 15 is 0 Å². The number of hydrogen-bond donors (Lipinski definition) is 1. The Morgan fingerprint density at radius 1 is 1.14 bits per heavy atom. The number of fused-ring (bicyclic) bond motifs is 2. The molecule has 0 radical (unpaired) electrons. The van der Waals surface area contributed by atoms with E-state index in [0.717, 1.165) is 30.2 Å². The molecule has 3 rings (SSSR count). The minimum Gasteiger partial charge on any atom is -0.462 e. The summed E-state index contributed by atoms with van der Waals surface area (Å²) in [5.41, 5.74) is 0.832. The van der Waals surface area contributed by atoms with Crippen molar-refractivity contribution in [3.63, 3.8) is 0 Å². The third kappa shape index (κ3) is 3.86. The number of halogens is 1. The highest BCUT2D eigenvalue weighted by atomic mass is 79.9. The lowest BCUT2D eigenvalue weighted by molar-refractivity contribution is -0.154. The molecule has 3 nitrogen and oxygen atoms in total. The summed E-state index contributed by atoms with van der Waals surface area (Å²) < 4.78 is 5.68. The monoisotopic (exact) mass is 354 g/mol. The van der Waals surface area contributed by atoms with E-state index in [4.69, 9.17) is 4.74 Å². The van der Waals surface area contributed by atoms with Crippen LogP contribution in [0.5, 0.6) is 0 Å². The second kappa shape index (κ2) is 7.41. The van der Waals surface area contributed by atoms with Crippen molar-refractivity contribution in [2.45, 2.75) is 44.1 Å². The van der Waals surface area contributed by atoms with Gasteiger partial charge in [-0.2, -0.15) is 0 Å². The van der Waals surface area contributed by atoms with Crippen LogP contribution in [0.15, 0.2) is 30.3 Å². The fourth-order valence-corrected chi connectivity index (χ4v) is 3.79. The molecule has 2 fully saturated rings. The molecular weight excluding hydrogens is 332 g/mol. The first kappa shape index (κ1) is 16.5. The summed E-state index contributed by atoms with van der Waals surface area (Å²) in [6.45, 7) is -0.192. The van der Waals surface area contributed by atoms with Gasteiger partial charge in [0.1, 0.15) is 12.0 Å². The molecule has 2 aliphatic rings. The molecule has 3 atom stereocenters. The van der Waals surface area contributed by atoms with Crippen molar-refractivity contribution in [2.75, 3.05) is 6.61 Å². The number of ether oxygens (including phenoxy) is 1. The van der Waals surface area contributed by atoms with E-state index in [-0.39, 0.29) is 35.7 Å². The number of aliphatic hydroxyl groups is 1. The van der Waals surface area contributed by atoms with E-state index in [9.17, 15) is 9.90 Å². The lowest BCUT2D eigenvalue weighted by atomic mass is 9.87. The fourth-order valence-electron chi connectivity index (χ4n) is 3.79. The number of carbonyl (C=O) groups is 1. The summed E-state index contributed by atoms with van der Waals surface area (Å²) in [4.78, 5) is 12.3. The van der Waals surface area contributed by atoms with Crippen molar-refractivity contribution in [2.24, 2.45) is 11.8 Å². The van der Waals surface area contributed by atoms with Crippen molar-refractivity contribution >= 4 is 23.0 Å². The van der Waals surface area contributed by atoms with Gasteiger partial charge in [-0.1, -0.05) is 43.2 Å². The van der Waals surface area contributed by atoms with Gasteiger partial charge in [-0.25, -0.2) is 0 Å². The molecule has 116 valence electrons. The van der Waals surface area contributed by atoms with E-state index in [0.29, 0.717) is 0 Å². The van der Waals surface area contributed by atoms with Crippen molar-refractivity contribution < 1.29 is 14.6 Å². The zero-order chi connectivity index (χ0) is 13.9. The SMILES string of the molecule is Br.O=C(OC1CC2CCC(C2)C1)C(CO)c1ccccc1. The summed E-state index contributed by atoms with van der Waals surface area (Å²) >= 11 is 0. The Labute approximate surface area is 136 Å². The average Bonchev–Trinajstić information content (AvgIpc) is 2.80. The quantitative estimate of drug-likeness (QED) is 0.842. The molecule has 0 spiro atoms. The Kier molecular flexibility index (Phi) is 5.82. The zero-order valence-electron chi connectivity index (χ0n) is 12.1. The Hall–Kier alpha value is -0.870. The van der Waals surface area contributed by atoms with Crippen molar-refractivity contribution in [1.29, 1.82) is 0 Å². The second-order valence-corrected chi connectivity index (χ2v) is 6.22. The Balaban J connectivity index is 0.00000161. The van der Waals surface area contributed by atoms with Gasteiger partial charge in [-0.15, -0.1) is 17.0 Å². The molecule has 0 aromatic heterocycles. The molecule has 2 bridgehead atoms. The maximum absolute atomic E-state index is 12.3. The van der Waals surface area contributed by atoms with Crippen LogP contribution in [0.1, 0.15) is 43.6 Å². The van der Waals surface area contributed by atoms with Crippen LogP contribution in [0.25, 0.3) is 0 Å². The fraction of sp³-hybridized carbons (Fsp3) is 0.588. The van der Waals surface area contributed by atoms with Gasteiger partial charge in [0, 0.05) is 0 Å². The van der Waals surface area contributed by atoms with Gasteiger partial charge in [-0.3, -0.25) is 4.79 Å². The standard InChI is InChI=1S/C17H22O3.BrH/c18-11-16(14-4-2-1-3-5-14)17(19)20-15-9-12-6-7-13(8-12)10-15;/h1-5,12-13,15-16,18H,6-11H2;1H. The van der Waals surface area contributed by atoms with Gasteiger partial charge in [-0.05, 0) is 36.7 Å². The number of rotatable bonds is 4. The molecule has 3 unspecified atom stereocenters. The van der Waals surface area contributed by atoms with E-state index < -0.39 is 5.92 Å². The summed E-state index contributed by atoms with van der Waals surface area (Å²) in [5, 5.41) is 9.49. The van der Waals surface area contributed by atoms with Crippen molar-refractivity contribution in [1.82, 2.24) is 0 Å². The molecule has 1 aromatic carbocycles. The minimum atomic E-state index is -0.546. The number of hydrogen-bond acceptors (Lipinski definition) is 3. The van der Waals surface area contributed by atoms with E-state index in [2.05, 4.69) is 0 Å². The average molecular weight is 355 g/mol. The lowest BCUT2D eigenvalue weighted by Gasteiger charge is -2.28. The molecule has 0 saturated heterocycles. The van der Waals surface area contributed by atoms with E-state index in [1.54, 1.807) is 0 Å². The Bertz CT molecular complexity index is 450. The van der Waals surface area contributed by atoms with Crippen molar-refractivity contribution in [3.05, 3.63) is 35.9 Å². The molecule has 2 aliphatic carbocycles. The first-order chi connectivity index (χ1) is 9.76. The second-order valence-electron chi connectivity index (χ2n) is 6.22. The van der Waals surface area contributed by atoms with Crippen LogP contribution in [-0.2, 0) is 9.53 Å². The van der Waals surface area contributed by atoms with Crippen LogP contribution in [-0.4, -0.2) is 23.8 Å². The molecular formula is C17H23BrO3. The highest BCUT2D eigenvalue weighted by molar-refractivity contribution is 8.93. The summed E-state index contributed by atoms with van der Waals surface area (Å²) in [6.07, 6.45) is 5.98. The Morgan fingerprint density at radius 3 is 2.33 bits per heavy atom. The first-order valence-corrected chi connectivity index (χ1v) is 7.62. The maximum atomic E-state index is 12.3.